The van der Waals surface area contributed by atoms with Crippen LogP contribution in [0.25, 0.3) is 0 Å². The van der Waals surface area contributed by atoms with Crippen LogP contribution in [0.1, 0.15) is 26.3 Å². The maximum absolute atomic E-state index is 11.7. The standard InChI is InChI=1S/C14H19N3O4/c1-14(2,3)16-13(19)9-15-12(18)8-10-4-6-11(7-5-10)17(20)21/h4-7H,8-9H2,1-3H3,(H,15,18)(H,16,19). The average molecular weight is 293 g/mol. The first-order valence-electron chi connectivity index (χ1n) is 6.48. The summed E-state index contributed by atoms with van der Waals surface area (Å²) < 4.78 is 0. The Morgan fingerprint density at radius 1 is 1.14 bits per heavy atom. The van der Waals surface area contributed by atoms with Gasteiger partial charge in [0.25, 0.3) is 5.69 Å². The fourth-order valence-electron chi connectivity index (χ4n) is 1.62. The number of benzene rings is 1. The Balaban J connectivity index is 2.43. The molecule has 7 heteroatoms. The Bertz CT molecular complexity index is 532. The predicted octanol–water partition coefficient (Wildman–Crippen LogP) is 1.17. The molecule has 0 saturated heterocycles. The number of nitrogens with one attached hydrogen (secondary N) is 2. The fraction of sp³-hybridized carbons (Fsp3) is 0.429. The van der Waals surface area contributed by atoms with Crippen molar-refractivity contribution >= 4 is 17.5 Å². The molecule has 21 heavy (non-hydrogen) atoms. The molecule has 1 aromatic rings. The number of amides is 2. The highest BCUT2D eigenvalue weighted by Gasteiger charge is 2.14. The van der Waals surface area contributed by atoms with E-state index in [2.05, 4.69) is 10.6 Å². The molecule has 0 fully saturated rings. The van der Waals surface area contributed by atoms with E-state index in [0.29, 0.717) is 5.56 Å². The van der Waals surface area contributed by atoms with E-state index in [9.17, 15) is 19.7 Å². The number of nitrogens with zero attached hydrogens (tertiary/aromatic N) is 1. The van der Waals surface area contributed by atoms with Gasteiger partial charge in [0.2, 0.25) is 11.8 Å². The van der Waals surface area contributed by atoms with Crippen LogP contribution in [-0.2, 0) is 16.0 Å². The van der Waals surface area contributed by atoms with Crippen molar-refractivity contribution in [2.24, 2.45) is 0 Å². The second kappa shape index (κ2) is 6.83. The van der Waals surface area contributed by atoms with Crippen molar-refractivity contribution < 1.29 is 14.5 Å². The van der Waals surface area contributed by atoms with E-state index in [1.807, 2.05) is 20.8 Å². The molecule has 0 atom stereocenters. The fourth-order valence-corrected chi connectivity index (χ4v) is 1.62. The lowest BCUT2D eigenvalue weighted by Crippen LogP contribution is -2.46. The van der Waals surface area contributed by atoms with Crippen LogP contribution in [0.2, 0.25) is 0 Å². The minimum atomic E-state index is -0.499. The lowest BCUT2D eigenvalue weighted by atomic mass is 10.1. The highest BCUT2D eigenvalue weighted by molar-refractivity contribution is 5.86. The minimum absolute atomic E-state index is 0.0243. The van der Waals surface area contributed by atoms with E-state index in [4.69, 9.17) is 0 Å². The smallest absolute Gasteiger partial charge is 0.269 e. The number of carbonyl (C=O) groups is 2. The molecule has 0 unspecified atom stereocenters. The van der Waals surface area contributed by atoms with Crippen LogP contribution < -0.4 is 10.6 Å². The normalized spacial score (nSPS) is 10.8. The van der Waals surface area contributed by atoms with Crippen molar-refractivity contribution in [3.8, 4) is 0 Å². The minimum Gasteiger partial charge on any atom is -0.350 e. The summed E-state index contributed by atoms with van der Waals surface area (Å²) in [7, 11) is 0. The molecule has 0 heterocycles. The first-order valence-corrected chi connectivity index (χ1v) is 6.48. The van der Waals surface area contributed by atoms with Crippen molar-refractivity contribution in [3.63, 3.8) is 0 Å². The molecule has 2 N–H and O–H groups in total. The SMILES string of the molecule is CC(C)(C)NC(=O)CNC(=O)Cc1ccc([N+](=O)[O-])cc1. The summed E-state index contributed by atoms with van der Waals surface area (Å²) in [6.45, 7) is 5.46. The zero-order chi connectivity index (χ0) is 16.0. The van der Waals surface area contributed by atoms with Crippen molar-refractivity contribution in [1.29, 1.82) is 0 Å². The zero-order valence-corrected chi connectivity index (χ0v) is 12.3. The van der Waals surface area contributed by atoms with Gasteiger partial charge in [-0.3, -0.25) is 19.7 Å². The number of hydrogen-bond donors (Lipinski definition) is 2. The van der Waals surface area contributed by atoms with E-state index in [-0.39, 0.29) is 36.0 Å². The van der Waals surface area contributed by atoms with Crippen LogP contribution >= 0.6 is 0 Å². The molecule has 0 bridgehead atoms. The zero-order valence-electron chi connectivity index (χ0n) is 12.3. The van der Waals surface area contributed by atoms with Gasteiger partial charge in [-0.05, 0) is 26.3 Å². The molecule has 0 aromatic heterocycles. The lowest BCUT2D eigenvalue weighted by Gasteiger charge is -2.20. The highest BCUT2D eigenvalue weighted by atomic mass is 16.6. The molecule has 0 saturated carbocycles. The van der Waals surface area contributed by atoms with Crippen molar-refractivity contribution in [2.75, 3.05) is 6.54 Å². The van der Waals surface area contributed by atoms with Gasteiger partial charge in [0.05, 0.1) is 17.9 Å². The summed E-state index contributed by atoms with van der Waals surface area (Å²) in [6, 6.07) is 5.73. The number of nitro groups is 1. The Morgan fingerprint density at radius 3 is 2.19 bits per heavy atom. The number of non-ortho nitro benzene ring substituents is 1. The van der Waals surface area contributed by atoms with Gasteiger partial charge in [0.15, 0.2) is 0 Å². The maximum Gasteiger partial charge on any atom is 0.269 e. The molecule has 0 spiro atoms. The molecule has 2 amide bonds. The third-order valence-electron chi connectivity index (χ3n) is 2.47. The summed E-state index contributed by atoms with van der Waals surface area (Å²) in [5.74, 6) is -0.576. The molecule has 0 aliphatic rings. The van der Waals surface area contributed by atoms with Gasteiger partial charge in [-0.2, -0.15) is 0 Å². The molecule has 0 aliphatic heterocycles. The molecular formula is C14H19N3O4. The summed E-state index contributed by atoms with van der Waals surface area (Å²) in [6.07, 6.45) is 0.0702. The van der Waals surface area contributed by atoms with E-state index in [1.165, 1.54) is 24.3 Å². The third kappa shape index (κ3) is 6.51. The van der Waals surface area contributed by atoms with Crippen LogP contribution in [-0.4, -0.2) is 28.8 Å². The van der Waals surface area contributed by atoms with E-state index < -0.39 is 4.92 Å². The van der Waals surface area contributed by atoms with Crippen LogP contribution in [0.4, 0.5) is 5.69 Å². The molecule has 1 aromatic carbocycles. The van der Waals surface area contributed by atoms with Crippen LogP contribution in [0.5, 0.6) is 0 Å². The Morgan fingerprint density at radius 2 is 1.71 bits per heavy atom. The van der Waals surface area contributed by atoms with Crippen LogP contribution in [0.3, 0.4) is 0 Å². The first kappa shape index (κ1) is 16.6. The number of hydrogen-bond acceptors (Lipinski definition) is 4. The lowest BCUT2D eigenvalue weighted by molar-refractivity contribution is -0.384. The summed E-state index contributed by atoms with van der Waals surface area (Å²) in [4.78, 5) is 33.2. The molecule has 0 radical (unpaired) electrons. The summed E-state index contributed by atoms with van der Waals surface area (Å²) >= 11 is 0. The van der Waals surface area contributed by atoms with Gasteiger partial charge in [-0.15, -0.1) is 0 Å². The van der Waals surface area contributed by atoms with Crippen LogP contribution in [0, 0.1) is 10.1 Å². The average Bonchev–Trinajstić information content (AvgIpc) is 2.35. The first-order chi connectivity index (χ1) is 9.67. The molecule has 7 nitrogen and oxygen atoms in total. The molecule has 114 valence electrons. The van der Waals surface area contributed by atoms with Gasteiger partial charge in [-0.1, -0.05) is 12.1 Å². The van der Waals surface area contributed by atoms with E-state index in [0.717, 1.165) is 0 Å². The topological polar surface area (TPSA) is 101 Å². The van der Waals surface area contributed by atoms with Crippen molar-refractivity contribution in [1.82, 2.24) is 10.6 Å². The van der Waals surface area contributed by atoms with Gasteiger partial charge in [0.1, 0.15) is 0 Å². The van der Waals surface area contributed by atoms with Gasteiger partial charge in [0, 0.05) is 17.7 Å². The molecular weight excluding hydrogens is 274 g/mol. The largest absolute Gasteiger partial charge is 0.350 e. The summed E-state index contributed by atoms with van der Waals surface area (Å²) in [5.41, 5.74) is 0.276. The maximum atomic E-state index is 11.7. The van der Waals surface area contributed by atoms with Gasteiger partial charge in [-0.25, -0.2) is 0 Å². The quantitative estimate of drug-likeness (QED) is 0.628. The second-order valence-corrected chi connectivity index (χ2v) is 5.68. The van der Waals surface area contributed by atoms with Crippen molar-refractivity contribution in [2.45, 2.75) is 32.7 Å². The van der Waals surface area contributed by atoms with Crippen molar-refractivity contribution in [3.05, 3.63) is 39.9 Å². The number of carbonyl (C=O) groups excluding carboxylic acids is 2. The van der Waals surface area contributed by atoms with Gasteiger partial charge < -0.3 is 10.6 Å². The van der Waals surface area contributed by atoms with E-state index >= 15 is 0 Å². The van der Waals surface area contributed by atoms with Gasteiger partial charge >= 0.3 is 0 Å². The Hall–Kier alpha value is -2.44. The number of rotatable bonds is 5. The Labute approximate surface area is 122 Å². The summed E-state index contributed by atoms with van der Waals surface area (Å²) in [5, 5.41) is 15.7. The Kier molecular flexibility index (Phi) is 5.40. The highest BCUT2D eigenvalue weighted by Crippen LogP contribution is 2.12. The molecule has 1 rings (SSSR count). The molecule has 0 aliphatic carbocycles. The van der Waals surface area contributed by atoms with Crippen LogP contribution in [0.15, 0.2) is 24.3 Å². The second-order valence-electron chi connectivity index (χ2n) is 5.68. The van der Waals surface area contributed by atoms with E-state index in [1.54, 1.807) is 0 Å². The monoisotopic (exact) mass is 293 g/mol. The third-order valence-corrected chi connectivity index (χ3v) is 2.47. The predicted molar refractivity (Wildman–Crippen MR) is 77.7 cm³/mol. The number of nitro benzene ring substituents is 1.